The summed E-state index contributed by atoms with van der Waals surface area (Å²) in [5.74, 6) is 0.888. The maximum absolute atomic E-state index is 9.01. The number of aryl methyl sites for hydroxylation is 1. The Hall–Kier alpha value is -2.98. The Morgan fingerprint density at radius 2 is 2.15 bits per heavy atom. The van der Waals surface area contributed by atoms with Gasteiger partial charge in [-0.05, 0) is 13.0 Å². The number of fused-ring (bicyclic) bond motifs is 1. The minimum Gasteiger partial charge on any atom is -0.394 e. The molecule has 4 aromatic rings. The summed E-state index contributed by atoms with van der Waals surface area (Å²) in [6.07, 6.45) is 7.03. The van der Waals surface area contributed by atoms with Crippen LogP contribution >= 0.6 is 11.3 Å². The SMILES string of the molecule is CCn1ncc2sc(CNc3nc(-c4cnn(CCO)c4)cnc3N)cc21. The number of hydrogen-bond donors (Lipinski definition) is 3. The fraction of sp³-hybridized carbons (Fsp3) is 0.294. The molecule has 0 atom stereocenters. The maximum atomic E-state index is 9.01. The molecule has 0 aliphatic carbocycles. The first-order valence-electron chi connectivity index (χ1n) is 8.62. The van der Waals surface area contributed by atoms with Crippen LogP contribution in [0.5, 0.6) is 0 Å². The topological polar surface area (TPSA) is 120 Å². The molecular formula is C17H20N8OS. The van der Waals surface area contributed by atoms with Crippen LogP contribution < -0.4 is 11.1 Å². The Bertz CT molecular complexity index is 1070. The molecule has 4 heterocycles. The average molecular weight is 384 g/mol. The van der Waals surface area contributed by atoms with Crippen molar-refractivity contribution in [2.24, 2.45) is 0 Å². The fourth-order valence-electron chi connectivity index (χ4n) is 2.82. The summed E-state index contributed by atoms with van der Waals surface area (Å²) in [7, 11) is 0. The summed E-state index contributed by atoms with van der Waals surface area (Å²) >= 11 is 1.70. The molecule has 0 fully saturated rings. The molecule has 0 bridgehead atoms. The van der Waals surface area contributed by atoms with Crippen LogP contribution in [0.1, 0.15) is 11.8 Å². The maximum Gasteiger partial charge on any atom is 0.169 e. The fourth-order valence-corrected chi connectivity index (χ4v) is 3.79. The minimum atomic E-state index is 0.0340. The van der Waals surface area contributed by atoms with Gasteiger partial charge in [-0.3, -0.25) is 9.36 Å². The predicted molar refractivity (Wildman–Crippen MR) is 105 cm³/mol. The summed E-state index contributed by atoms with van der Waals surface area (Å²) in [6, 6.07) is 2.13. The van der Waals surface area contributed by atoms with Gasteiger partial charge in [-0.15, -0.1) is 11.3 Å². The van der Waals surface area contributed by atoms with Crippen molar-refractivity contribution in [3.05, 3.63) is 35.7 Å². The quantitative estimate of drug-likeness (QED) is 0.445. The van der Waals surface area contributed by atoms with E-state index in [2.05, 4.69) is 38.5 Å². The van der Waals surface area contributed by atoms with E-state index in [-0.39, 0.29) is 6.61 Å². The second-order valence-electron chi connectivity index (χ2n) is 5.98. The molecule has 0 spiro atoms. The van der Waals surface area contributed by atoms with E-state index in [9.17, 15) is 0 Å². The summed E-state index contributed by atoms with van der Waals surface area (Å²) in [5, 5.41) is 20.8. The lowest BCUT2D eigenvalue weighted by Crippen LogP contribution is -2.06. The van der Waals surface area contributed by atoms with Crippen LogP contribution in [0.4, 0.5) is 11.6 Å². The van der Waals surface area contributed by atoms with Gasteiger partial charge >= 0.3 is 0 Å². The molecule has 0 unspecified atom stereocenters. The highest BCUT2D eigenvalue weighted by molar-refractivity contribution is 7.19. The molecule has 0 aromatic carbocycles. The van der Waals surface area contributed by atoms with Crippen molar-refractivity contribution >= 4 is 33.2 Å². The predicted octanol–water partition coefficient (Wildman–Crippen LogP) is 1.96. The van der Waals surface area contributed by atoms with Crippen molar-refractivity contribution in [2.45, 2.75) is 26.6 Å². The van der Waals surface area contributed by atoms with Crippen LogP contribution in [0.25, 0.3) is 21.5 Å². The van der Waals surface area contributed by atoms with Crippen molar-refractivity contribution in [3.8, 4) is 11.3 Å². The number of rotatable bonds is 7. The molecule has 0 saturated heterocycles. The largest absolute Gasteiger partial charge is 0.394 e. The lowest BCUT2D eigenvalue weighted by Gasteiger charge is -2.08. The molecule has 4 aromatic heterocycles. The van der Waals surface area contributed by atoms with Crippen molar-refractivity contribution in [3.63, 3.8) is 0 Å². The first-order chi connectivity index (χ1) is 13.2. The Morgan fingerprint density at radius 3 is 2.96 bits per heavy atom. The van der Waals surface area contributed by atoms with Gasteiger partial charge in [0.1, 0.15) is 0 Å². The summed E-state index contributed by atoms with van der Waals surface area (Å²) in [4.78, 5) is 9.99. The highest BCUT2D eigenvalue weighted by atomic mass is 32.1. The smallest absolute Gasteiger partial charge is 0.169 e. The number of aliphatic hydroxyl groups is 1. The van der Waals surface area contributed by atoms with Gasteiger partial charge in [-0.25, -0.2) is 9.97 Å². The number of aliphatic hydroxyl groups excluding tert-OH is 1. The van der Waals surface area contributed by atoms with Gasteiger partial charge in [0, 0.05) is 23.2 Å². The zero-order valence-electron chi connectivity index (χ0n) is 14.8. The van der Waals surface area contributed by atoms with Crippen LogP contribution in [0, 0.1) is 0 Å². The van der Waals surface area contributed by atoms with E-state index in [1.165, 1.54) is 4.88 Å². The van der Waals surface area contributed by atoms with Gasteiger partial charge in [0.15, 0.2) is 11.6 Å². The highest BCUT2D eigenvalue weighted by Crippen LogP contribution is 2.27. The van der Waals surface area contributed by atoms with Gasteiger partial charge in [0.05, 0.1) is 54.2 Å². The third-order valence-corrected chi connectivity index (χ3v) is 5.23. The number of aromatic nitrogens is 6. The van der Waals surface area contributed by atoms with Crippen molar-refractivity contribution in [2.75, 3.05) is 17.7 Å². The first kappa shape index (κ1) is 17.4. The summed E-state index contributed by atoms with van der Waals surface area (Å²) < 4.78 is 4.81. The number of hydrogen-bond acceptors (Lipinski definition) is 8. The molecule has 0 saturated carbocycles. The zero-order chi connectivity index (χ0) is 18.8. The number of nitrogens with zero attached hydrogens (tertiary/aromatic N) is 6. The zero-order valence-corrected chi connectivity index (χ0v) is 15.6. The highest BCUT2D eigenvalue weighted by Gasteiger charge is 2.11. The monoisotopic (exact) mass is 384 g/mol. The van der Waals surface area contributed by atoms with Crippen LogP contribution in [-0.4, -0.2) is 41.2 Å². The second-order valence-corrected chi connectivity index (χ2v) is 7.15. The van der Waals surface area contributed by atoms with E-state index in [1.807, 2.05) is 17.1 Å². The lowest BCUT2D eigenvalue weighted by atomic mass is 10.2. The van der Waals surface area contributed by atoms with E-state index < -0.39 is 0 Å². The lowest BCUT2D eigenvalue weighted by molar-refractivity contribution is 0.269. The van der Waals surface area contributed by atoms with Crippen LogP contribution in [0.2, 0.25) is 0 Å². The van der Waals surface area contributed by atoms with E-state index >= 15 is 0 Å². The minimum absolute atomic E-state index is 0.0340. The number of nitrogens with one attached hydrogen (secondary N) is 1. The van der Waals surface area contributed by atoms with Gasteiger partial charge < -0.3 is 16.2 Å². The normalized spacial score (nSPS) is 11.3. The van der Waals surface area contributed by atoms with Crippen molar-refractivity contribution in [1.29, 1.82) is 0 Å². The van der Waals surface area contributed by atoms with Gasteiger partial charge in [0.2, 0.25) is 0 Å². The van der Waals surface area contributed by atoms with Crippen molar-refractivity contribution < 1.29 is 5.11 Å². The molecule has 0 amide bonds. The van der Waals surface area contributed by atoms with E-state index in [0.29, 0.717) is 30.4 Å². The number of nitrogen functional groups attached to an aromatic ring is 1. The average Bonchev–Trinajstić information content (AvgIpc) is 3.37. The summed E-state index contributed by atoms with van der Waals surface area (Å²) in [6.45, 7) is 4.00. The third-order valence-electron chi connectivity index (χ3n) is 4.17. The van der Waals surface area contributed by atoms with Gasteiger partial charge in [-0.1, -0.05) is 0 Å². The molecule has 0 radical (unpaired) electrons. The van der Waals surface area contributed by atoms with E-state index in [1.54, 1.807) is 28.4 Å². The summed E-state index contributed by atoms with van der Waals surface area (Å²) in [5.41, 5.74) is 8.62. The van der Waals surface area contributed by atoms with E-state index in [4.69, 9.17) is 10.8 Å². The Kier molecular flexibility index (Phi) is 4.73. The first-order valence-corrected chi connectivity index (χ1v) is 9.44. The number of nitrogens with two attached hydrogens (primary N) is 1. The molecule has 4 N–H and O–H groups in total. The number of thiophene rings is 1. The van der Waals surface area contributed by atoms with E-state index in [0.717, 1.165) is 22.3 Å². The standard InChI is InChI=1S/C17H20N8OS/c1-2-25-14-5-12(27-15(14)9-22-25)7-20-17-16(18)19-8-13(23-17)11-6-21-24(10-11)3-4-26/h5-6,8-10,26H,2-4,7H2,1H3,(H2,18,19)(H,20,23). The van der Waals surface area contributed by atoms with Crippen molar-refractivity contribution in [1.82, 2.24) is 29.5 Å². The number of anilines is 2. The molecule has 0 aliphatic rings. The van der Waals surface area contributed by atoms with Gasteiger partial charge in [0.25, 0.3) is 0 Å². The second kappa shape index (κ2) is 7.33. The molecule has 10 heteroatoms. The van der Waals surface area contributed by atoms with Crippen LogP contribution in [0.15, 0.2) is 30.9 Å². The van der Waals surface area contributed by atoms with Crippen LogP contribution in [0.3, 0.4) is 0 Å². The van der Waals surface area contributed by atoms with Gasteiger partial charge in [-0.2, -0.15) is 10.2 Å². The molecular weight excluding hydrogens is 364 g/mol. The molecule has 140 valence electrons. The Labute approximate surface area is 159 Å². The Morgan fingerprint density at radius 1 is 1.26 bits per heavy atom. The van der Waals surface area contributed by atoms with Crippen LogP contribution in [-0.2, 0) is 19.6 Å². The molecule has 0 aliphatic heterocycles. The molecule has 27 heavy (non-hydrogen) atoms. The molecule has 9 nitrogen and oxygen atoms in total. The molecule has 4 rings (SSSR count). The third kappa shape index (κ3) is 3.49. The Balaban J connectivity index is 1.52.